The van der Waals surface area contributed by atoms with E-state index in [1.807, 2.05) is 90.4 Å². The van der Waals surface area contributed by atoms with Crippen molar-refractivity contribution in [3.63, 3.8) is 0 Å². The SMILES string of the molecule is CC(=O)N(C(=O)OC(C)(C)C)C(Cc1ccccc1)C(=O)N[C@@H](Cc1cc(I)c(O)c(I)c1)C(=O)O.N[C@@H](Cc1cc(I)c(O)c(I)c1)C(=O)O. The molecule has 0 saturated carbocycles. The van der Waals surface area contributed by atoms with Gasteiger partial charge in [0.15, 0.2) is 0 Å². The van der Waals surface area contributed by atoms with E-state index in [-0.39, 0.29) is 30.8 Å². The molecule has 3 rings (SSSR count). The summed E-state index contributed by atoms with van der Waals surface area (Å²) >= 11 is 7.87. The molecule has 3 aromatic carbocycles. The highest BCUT2D eigenvalue weighted by molar-refractivity contribution is 14.1. The molecule has 13 nitrogen and oxygen atoms in total. The van der Waals surface area contributed by atoms with Crippen LogP contribution in [0.25, 0.3) is 0 Å². The monoisotopic (exact) mass is 1150 g/mol. The van der Waals surface area contributed by atoms with Crippen LogP contribution in [0.5, 0.6) is 11.5 Å². The van der Waals surface area contributed by atoms with Crippen LogP contribution in [0.2, 0.25) is 0 Å². The number of halogens is 4. The van der Waals surface area contributed by atoms with Gasteiger partial charge in [0, 0.05) is 19.8 Å². The quantitative estimate of drug-likeness (QED) is 0.129. The van der Waals surface area contributed by atoms with Crippen molar-refractivity contribution in [2.45, 2.75) is 70.7 Å². The van der Waals surface area contributed by atoms with Crippen LogP contribution in [0.1, 0.15) is 44.4 Å². The Bertz CT molecular complexity index is 1710. The topological polar surface area (TPSA) is 217 Å². The standard InChI is InChI=1S/C25H28I2N2O7.C9H9I2NO3/c1-14(30)29(24(35)36-25(2,3)4)20(13-15-8-6-5-7-9-15)22(32)28-19(23(33)34)12-16-10-17(26)21(31)18(27)11-16;10-5-1-4(2-6(11)8(5)13)3-7(12)9(14)15/h5-11,19-20,31H,12-13H2,1-4H3,(H,28,32)(H,33,34);1-2,7,13H,3,12H2,(H,14,15)/t19-,20?;7-/m00/s1. The van der Waals surface area contributed by atoms with Crippen molar-refractivity contribution in [2.75, 3.05) is 0 Å². The first-order chi connectivity index (χ1) is 23.6. The second kappa shape index (κ2) is 20.1. The highest BCUT2D eigenvalue weighted by atomic mass is 127. The number of aromatic hydroxyl groups is 2. The van der Waals surface area contributed by atoms with Gasteiger partial charge in [-0.3, -0.25) is 14.4 Å². The Morgan fingerprint density at radius 2 is 1.22 bits per heavy atom. The van der Waals surface area contributed by atoms with Gasteiger partial charge in [-0.05, 0) is 159 Å². The van der Waals surface area contributed by atoms with Gasteiger partial charge in [-0.15, -0.1) is 0 Å². The molecule has 0 aliphatic heterocycles. The molecule has 0 heterocycles. The number of benzene rings is 3. The third-order valence-corrected chi connectivity index (χ3v) is 10.1. The number of ether oxygens (including phenoxy) is 1. The molecule has 0 radical (unpaired) electrons. The summed E-state index contributed by atoms with van der Waals surface area (Å²) in [5, 5.41) is 40.5. The van der Waals surface area contributed by atoms with Gasteiger partial charge in [0.25, 0.3) is 0 Å². The van der Waals surface area contributed by atoms with E-state index in [0.717, 1.165) is 17.4 Å². The molecule has 3 amide bonds. The van der Waals surface area contributed by atoms with E-state index < -0.39 is 53.6 Å². The number of imide groups is 1. The zero-order valence-electron chi connectivity index (χ0n) is 27.8. The molecule has 17 heteroatoms. The number of nitrogens with one attached hydrogen (secondary N) is 1. The van der Waals surface area contributed by atoms with Crippen molar-refractivity contribution in [3.05, 3.63) is 85.6 Å². The summed E-state index contributed by atoms with van der Waals surface area (Å²) < 4.78 is 7.84. The van der Waals surface area contributed by atoms with Gasteiger partial charge in [-0.2, -0.15) is 0 Å². The number of phenols is 2. The number of phenolic OH excluding ortho intramolecular Hbond substituents is 2. The second-order valence-corrected chi connectivity index (χ2v) is 16.8. The number of hydrogen-bond acceptors (Lipinski definition) is 9. The van der Waals surface area contributed by atoms with Crippen LogP contribution in [0.3, 0.4) is 0 Å². The minimum atomic E-state index is -1.35. The summed E-state index contributed by atoms with van der Waals surface area (Å²) in [5.41, 5.74) is 6.57. The predicted molar refractivity (Wildman–Crippen MR) is 222 cm³/mol. The second-order valence-electron chi connectivity index (χ2n) is 12.1. The molecule has 0 fully saturated rings. The lowest BCUT2D eigenvalue weighted by atomic mass is 10.0. The fourth-order valence-corrected chi connectivity index (χ4v) is 8.24. The lowest BCUT2D eigenvalue weighted by Crippen LogP contribution is -2.56. The first-order valence-electron chi connectivity index (χ1n) is 15.0. The molecule has 0 aliphatic carbocycles. The van der Waals surface area contributed by atoms with E-state index in [9.17, 15) is 39.3 Å². The Hall–Kier alpha value is -2.51. The van der Waals surface area contributed by atoms with Crippen molar-refractivity contribution in [3.8, 4) is 11.5 Å². The summed E-state index contributed by atoms with van der Waals surface area (Å²) in [6.45, 7) is 6.05. The first-order valence-corrected chi connectivity index (χ1v) is 19.3. The van der Waals surface area contributed by atoms with Crippen LogP contribution < -0.4 is 11.1 Å². The number of aliphatic carboxylic acids is 2. The fraction of sp³-hybridized carbons (Fsp3) is 0.324. The lowest BCUT2D eigenvalue weighted by Gasteiger charge is -2.31. The molecule has 0 spiro atoms. The number of nitrogens with two attached hydrogens (primary N) is 1. The lowest BCUT2D eigenvalue weighted by molar-refractivity contribution is -0.144. The smallest absolute Gasteiger partial charge is 0.417 e. The zero-order valence-corrected chi connectivity index (χ0v) is 36.5. The van der Waals surface area contributed by atoms with E-state index >= 15 is 0 Å². The highest BCUT2D eigenvalue weighted by Gasteiger charge is 2.37. The molecular formula is C34H37I4N3O10. The van der Waals surface area contributed by atoms with Crippen LogP contribution in [0.4, 0.5) is 4.79 Å². The number of carboxylic acids is 2. The maximum absolute atomic E-state index is 13.4. The minimum absolute atomic E-state index is 0.0349. The summed E-state index contributed by atoms with van der Waals surface area (Å²) in [6.07, 6.45) is -0.840. The number of amides is 3. The number of hydrogen-bond donors (Lipinski definition) is 6. The highest BCUT2D eigenvalue weighted by Crippen LogP contribution is 2.29. The van der Waals surface area contributed by atoms with Crippen molar-refractivity contribution in [1.82, 2.24) is 10.2 Å². The third kappa shape index (κ3) is 14.4. The molecule has 276 valence electrons. The van der Waals surface area contributed by atoms with E-state index in [0.29, 0.717) is 25.4 Å². The van der Waals surface area contributed by atoms with Crippen LogP contribution in [0.15, 0.2) is 54.6 Å². The van der Waals surface area contributed by atoms with Crippen LogP contribution in [-0.2, 0) is 43.2 Å². The first kappa shape index (κ1) is 44.7. The van der Waals surface area contributed by atoms with Gasteiger partial charge >= 0.3 is 18.0 Å². The van der Waals surface area contributed by atoms with Gasteiger partial charge in [0.2, 0.25) is 11.8 Å². The maximum Gasteiger partial charge on any atom is 0.417 e. The Morgan fingerprint density at radius 3 is 1.61 bits per heavy atom. The van der Waals surface area contributed by atoms with E-state index in [1.165, 1.54) is 0 Å². The molecule has 7 N–H and O–H groups in total. The Labute approximate surface area is 349 Å². The molecule has 3 atom stereocenters. The van der Waals surface area contributed by atoms with Gasteiger partial charge in [0.05, 0.1) is 14.3 Å². The number of rotatable bonds is 11. The van der Waals surface area contributed by atoms with Crippen molar-refractivity contribution >= 4 is 120 Å². The largest absolute Gasteiger partial charge is 0.506 e. The number of carboxylic acid groups (broad SMARTS) is 2. The van der Waals surface area contributed by atoms with Gasteiger partial charge < -0.3 is 36.2 Å². The van der Waals surface area contributed by atoms with Crippen molar-refractivity contribution in [1.29, 1.82) is 0 Å². The van der Waals surface area contributed by atoms with Crippen molar-refractivity contribution in [2.24, 2.45) is 5.73 Å². The molecule has 0 aromatic heterocycles. The van der Waals surface area contributed by atoms with E-state index in [2.05, 4.69) is 5.32 Å². The molecule has 0 saturated heterocycles. The van der Waals surface area contributed by atoms with Gasteiger partial charge in [-0.1, -0.05) is 30.3 Å². The zero-order chi connectivity index (χ0) is 38.8. The molecule has 3 aromatic rings. The Morgan fingerprint density at radius 1 is 0.765 bits per heavy atom. The van der Waals surface area contributed by atoms with Crippen molar-refractivity contribution < 1.29 is 49.1 Å². The Kier molecular flexibility index (Phi) is 17.6. The summed E-state index contributed by atoms with van der Waals surface area (Å²) in [5.74, 6) is -3.51. The van der Waals surface area contributed by atoms with Gasteiger partial charge in [-0.25, -0.2) is 14.5 Å². The molecule has 0 bridgehead atoms. The maximum atomic E-state index is 13.4. The predicted octanol–water partition coefficient (Wildman–Crippen LogP) is 5.66. The summed E-state index contributed by atoms with van der Waals surface area (Å²) in [6, 6.07) is 11.9. The number of carbonyl (C=O) groups is 5. The van der Waals surface area contributed by atoms with Crippen LogP contribution in [0, 0.1) is 14.3 Å². The number of nitrogens with zero attached hydrogens (tertiary/aromatic N) is 1. The van der Waals surface area contributed by atoms with E-state index in [4.69, 9.17) is 15.6 Å². The van der Waals surface area contributed by atoms with Crippen LogP contribution in [-0.4, -0.2) is 78.9 Å². The minimum Gasteiger partial charge on any atom is -0.506 e. The average molecular weight is 1160 g/mol. The normalized spacial score (nSPS) is 12.7. The van der Waals surface area contributed by atoms with Gasteiger partial charge in [0.1, 0.15) is 35.2 Å². The number of carbonyl (C=O) groups excluding carboxylic acids is 3. The molecular weight excluding hydrogens is 1120 g/mol. The third-order valence-electron chi connectivity index (χ3n) is 6.80. The average Bonchev–Trinajstić information content (AvgIpc) is 3.01. The Balaban J connectivity index is 0.000000500. The van der Waals surface area contributed by atoms with E-state index in [1.54, 1.807) is 75.4 Å². The summed E-state index contributed by atoms with van der Waals surface area (Å²) in [7, 11) is 0. The molecule has 51 heavy (non-hydrogen) atoms. The summed E-state index contributed by atoms with van der Waals surface area (Å²) in [4.78, 5) is 62.2. The fourth-order valence-electron chi connectivity index (χ4n) is 4.44. The molecule has 0 aliphatic rings. The molecule has 1 unspecified atom stereocenters. The van der Waals surface area contributed by atoms with Crippen LogP contribution >= 0.6 is 90.4 Å².